The fourth-order valence-electron chi connectivity index (χ4n) is 0.694. The van der Waals surface area contributed by atoms with Gasteiger partial charge in [-0.2, -0.15) is 0 Å². The highest BCUT2D eigenvalue weighted by atomic mass is 19.3. The number of rotatable bonds is 5. The molecule has 0 aromatic rings. The third kappa shape index (κ3) is 25.1. The number of hydrogen-bond acceptors (Lipinski definition) is 3. The molecule has 0 saturated heterocycles. The highest BCUT2D eigenvalue weighted by molar-refractivity contribution is 4.95. The monoisotopic (exact) mass is 484 g/mol. The summed E-state index contributed by atoms with van der Waals surface area (Å²) in [5.74, 6) is -0.231. The summed E-state index contributed by atoms with van der Waals surface area (Å²) in [4.78, 5) is 0. The number of alkyl halides is 10. The summed E-state index contributed by atoms with van der Waals surface area (Å²) >= 11 is 0. The zero-order valence-electron chi connectivity index (χ0n) is 17.3. The molecule has 0 atom stereocenters. The van der Waals surface area contributed by atoms with Crippen molar-refractivity contribution < 1.29 is 59.2 Å². The van der Waals surface area contributed by atoms with E-state index in [0.29, 0.717) is 0 Å². The lowest BCUT2D eigenvalue weighted by Gasteiger charge is -2.13. The first kappa shape index (κ1) is 34.5. The first-order chi connectivity index (χ1) is 13.8. The molecule has 2 fully saturated rings. The molecule has 0 radical (unpaired) electrons. The quantitative estimate of drug-likeness (QED) is 0.355. The van der Waals surface area contributed by atoms with E-state index in [1.54, 1.807) is 0 Å². The molecule has 190 valence electrons. The van der Waals surface area contributed by atoms with Crippen LogP contribution in [0.25, 0.3) is 0 Å². The van der Waals surface area contributed by atoms with Crippen LogP contribution in [0, 0.1) is 5.92 Å². The SMILES string of the molecule is C=C(C)C(F)F.CC(C)(O)C(F)F.FC(F)C1CC1.OC1(C(F)F)CC1.OCC(F)F. The van der Waals surface area contributed by atoms with E-state index in [2.05, 4.69) is 6.58 Å². The normalized spacial score (nSPS) is 16.4. The minimum Gasteiger partial charge on any atom is -0.390 e. The van der Waals surface area contributed by atoms with Crippen molar-refractivity contribution >= 4 is 0 Å². The van der Waals surface area contributed by atoms with Crippen LogP contribution in [0.1, 0.15) is 46.5 Å². The van der Waals surface area contributed by atoms with Crippen molar-refractivity contribution in [3.8, 4) is 0 Å². The molecule has 0 spiro atoms. The third-order valence-electron chi connectivity index (χ3n) is 3.19. The Bertz CT molecular complexity index is 437. The van der Waals surface area contributed by atoms with Crippen molar-refractivity contribution in [2.24, 2.45) is 5.92 Å². The van der Waals surface area contributed by atoms with E-state index in [1.807, 2.05) is 0 Å². The van der Waals surface area contributed by atoms with Gasteiger partial charge >= 0.3 is 0 Å². The minimum atomic E-state index is -2.65. The number of allylic oxidation sites excluding steroid dienone is 1. The summed E-state index contributed by atoms with van der Waals surface area (Å²) in [6.07, 6.45) is -10.1. The molecule has 0 aromatic carbocycles. The topological polar surface area (TPSA) is 60.7 Å². The Balaban J connectivity index is -0.000000318. The molecule has 0 heterocycles. The Morgan fingerprint density at radius 2 is 1.26 bits per heavy atom. The van der Waals surface area contributed by atoms with Crippen LogP contribution in [0.3, 0.4) is 0 Å². The van der Waals surface area contributed by atoms with Gasteiger partial charge < -0.3 is 15.3 Å². The fourth-order valence-corrected chi connectivity index (χ4v) is 0.694. The van der Waals surface area contributed by atoms with Gasteiger partial charge in [0.1, 0.15) is 17.8 Å². The van der Waals surface area contributed by atoms with Crippen LogP contribution >= 0.6 is 0 Å². The molecule has 0 unspecified atom stereocenters. The first-order valence-electron chi connectivity index (χ1n) is 8.93. The first-order valence-corrected chi connectivity index (χ1v) is 8.93. The van der Waals surface area contributed by atoms with E-state index in [4.69, 9.17) is 15.3 Å². The number of halogens is 10. The molecule has 13 heteroatoms. The summed E-state index contributed by atoms with van der Waals surface area (Å²) < 4.78 is 111. The van der Waals surface area contributed by atoms with Crippen molar-refractivity contribution in [1.29, 1.82) is 0 Å². The van der Waals surface area contributed by atoms with E-state index < -0.39 is 49.9 Å². The van der Waals surface area contributed by atoms with Crippen LogP contribution in [0.15, 0.2) is 12.2 Å². The lowest BCUT2D eigenvalue weighted by molar-refractivity contribution is -0.0695. The van der Waals surface area contributed by atoms with Crippen molar-refractivity contribution in [2.45, 2.75) is 89.8 Å². The molecule has 0 aliphatic heterocycles. The maximum absolute atomic E-state index is 11.4. The van der Waals surface area contributed by atoms with Gasteiger partial charge in [0.15, 0.2) is 0 Å². The van der Waals surface area contributed by atoms with Gasteiger partial charge in [-0.3, -0.25) is 0 Å². The van der Waals surface area contributed by atoms with E-state index >= 15 is 0 Å². The van der Waals surface area contributed by atoms with E-state index in [9.17, 15) is 43.9 Å². The van der Waals surface area contributed by atoms with Gasteiger partial charge in [0.25, 0.3) is 25.7 Å². The molecular weight excluding hydrogens is 454 g/mol. The highest BCUT2D eigenvalue weighted by Crippen LogP contribution is 2.40. The smallest absolute Gasteiger partial charge is 0.266 e. The molecule has 2 aliphatic carbocycles. The fraction of sp³-hybridized carbons (Fsp3) is 0.889. The molecule has 3 N–H and O–H groups in total. The van der Waals surface area contributed by atoms with Crippen LogP contribution in [0.4, 0.5) is 43.9 Å². The second-order valence-corrected chi connectivity index (χ2v) is 7.25. The Kier molecular flexibility index (Phi) is 18.4. The van der Waals surface area contributed by atoms with Gasteiger partial charge in [0.05, 0.1) is 0 Å². The van der Waals surface area contributed by atoms with Crippen LogP contribution in [-0.4, -0.2) is 65.3 Å². The van der Waals surface area contributed by atoms with Crippen molar-refractivity contribution in [3.63, 3.8) is 0 Å². The van der Waals surface area contributed by atoms with Gasteiger partial charge in [-0.1, -0.05) is 6.58 Å². The Labute approximate surface area is 174 Å². The predicted molar refractivity (Wildman–Crippen MR) is 95.1 cm³/mol. The van der Waals surface area contributed by atoms with Crippen molar-refractivity contribution in [3.05, 3.63) is 12.2 Å². The van der Waals surface area contributed by atoms with Crippen LogP contribution < -0.4 is 0 Å². The molecule has 2 saturated carbocycles. The Morgan fingerprint density at radius 3 is 1.26 bits per heavy atom. The summed E-state index contributed by atoms with van der Waals surface area (Å²) in [7, 11) is 0. The largest absolute Gasteiger partial charge is 0.390 e. The highest BCUT2D eigenvalue weighted by Gasteiger charge is 2.49. The minimum absolute atomic E-state index is 0.0741. The molecule has 31 heavy (non-hydrogen) atoms. The second-order valence-electron chi connectivity index (χ2n) is 7.25. The average Bonchev–Trinajstić information content (AvgIpc) is 3.51. The maximum atomic E-state index is 11.4. The maximum Gasteiger partial charge on any atom is 0.266 e. The van der Waals surface area contributed by atoms with E-state index in [1.165, 1.54) is 6.92 Å². The number of aliphatic hydroxyl groups excluding tert-OH is 1. The van der Waals surface area contributed by atoms with Crippen LogP contribution in [-0.2, 0) is 0 Å². The summed E-state index contributed by atoms with van der Waals surface area (Å²) in [5.41, 5.74) is -3.49. The zero-order chi connectivity index (χ0) is 25.6. The molecule has 0 amide bonds. The molecular formula is C18H30F10O3. The molecule has 3 nitrogen and oxygen atoms in total. The van der Waals surface area contributed by atoms with E-state index in [0.717, 1.165) is 26.7 Å². The number of hydrogen-bond donors (Lipinski definition) is 3. The standard InChI is InChI=1S/C4H6F2O.C4H8F2O.2C4H6F2.C2H4F2O/c5-3(6)4(7)1-2-4;1-4(2,7)3(5)6;5-4(6)3-1-2-3;1-3(2)4(5)6;3-2(4)1-5/h3,7H,1-2H2;3,7H,1-2H3;3-4H,1-2H2;4H,1H2,2H3;2,5H,1H2. The lowest BCUT2D eigenvalue weighted by Crippen LogP contribution is -2.28. The summed E-state index contributed by atoms with van der Waals surface area (Å²) in [6, 6.07) is 0. The summed E-state index contributed by atoms with van der Waals surface area (Å²) in [5, 5.41) is 24.2. The lowest BCUT2D eigenvalue weighted by atomic mass is 10.2. The van der Waals surface area contributed by atoms with Gasteiger partial charge in [-0.15, -0.1) is 0 Å². The van der Waals surface area contributed by atoms with Gasteiger partial charge in [-0.05, 0) is 52.0 Å². The van der Waals surface area contributed by atoms with Crippen LogP contribution in [0.5, 0.6) is 0 Å². The third-order valence-corrected chi connectivity index (χ3v) is 3.19. The van der Waals surface area contributed by atoms with Gasteiger partial charge in [0.2, 0.25) is 6.43 Å². The zero-order valence-corrected chi connectivity index (χ0v) is 17.3. The van der Waals surface area contributed by atoms with Crippen molar-refractivity contribution in [2.75, 3.05) is 6.61 Å². The van der Waals surface area contributed by atoms with Crippen molar-refractivity contribution in [1.82, 2.24) is 0 Å². The molecule has 0 aromatic heterocycles. The van der Waals surface area contributed by atoms with Gasteiger partial charge in [-0.25, -0.2) is 43.9 Å². The Morgan fingerprint density at radius 1 is 0.968 bits per heavy atom. The summed E-state index contributed by atoms with van der Waals surface area (Å²) in [6.45, 7) is 5.41. The second kappa shape index (κ2) is 16.5. The van der Waals surface area contributed by atoms with Crippen LogP contribution in [0.2, 0.25) is 0 Å². The predicted octanol–water partition coefficient (Wildman–Crippen LogP) is 5.53. The average molecular weight is 484 g/mol. The van der Waals surface area contributed by atoms with Gasteiger partial charge in [0, 0.05) is 5.92 Å². The molecule has 2 aliphatic rings. The molecule has 2 rings (SSSR count). The molecule has 0 bridgehead atoms. The number of aliphatic hydroxyl groups is 3. The Hall–Kier alpha value is -1.08. The van der Waals surface area contributed by atoms with E-state index in [-0.39, 0.29) is 24.3 Å².